The second-order valence-electron chi connectivity index (χ2n) is 6.89. The average Bonchev–Trinajstić information content (AvgIpc) is 2.76. The van der Waals surface area contributed by atoms with Crippen molar-refractivity contribution in [2.24, 2.45) is 0 Å². The Hall–Kier alpha value is -3.36. The normalized spacial score (nSPS) is 15.0. The van der Waals surface area contributed by atoms with E-state index in [4.69, 9.17) is 32.7 Å². The minimum absolute atomic E-state index is 0.0563. The summed E-state index contributed by atoms with van der Waals surface area (Å²) in [6.07, 6.45) is 2.06. The summed E-state index contributed by atoms with van der Waals surface area (Å²) in [6, 6.07) is 8.84. The Kier molecular flexibility index (Phi) is 7.73. The van der Waals surface area contributed by atoms with Crippen molar-refractivity contribution in [2.75, 3.05) is 18.1 Å². The fourth-order valence-corrected chi connectivity index (χ4v) is 3.69. The summed E-state index contributed by atoms with van der Waals surface area (Å²) in [7, 11) is 0. The number of aryl methyl sites for hydroxylation is 1. The quantitative estimate of drug-likeness (QED) is 0.355. The van der Waals surface area contributed by atoms with Gasteiger partial charge in [0, 0.05) is 0 Å². The van der Waals surface area contributed by atoms with Crippen LogP contribution in [0.5, 0.6) is 5.75 Å². The number of nitrogens with one attached hydrogen (secondary N) is 1. The van der Waals surface area contributed by atoms with Crippen molar-refractivity contribution in [2.45, 2.75) is 20.3 Å². The van der Waals surface area contributed by atoms with Crippen LogP contribution in [0.4, 0.5) is 10.5 Å². The summed E-state index contributed by atoms with van der Waals surface area (Å²) in [5.41, 5.74) is 1.40. The van der Waals surface area contributed by atoms with Gasteiger partial charge in [-0.05, 0) is 54.8 Å². The average molecular weight is 491 g/mol. The van der Waals surface area contributed by atoms with Gasteiger partial charge in [-0.3, -0.25) is 14.9 Å². The SMILES string of the molecule is CCOC(=O)COc1c(Cl)cc(/C=C2/C(=O)NC(=O)N(c3ccc(CC)cc3)C2=O)cc1Cl. The molecule has 0 atom stereocenters. The fraction of sp³-hybridized carbons (Fsp3) is 0.217. The number of esters is 1. The van der Waals surface area contributed by atoms with Gasteiger partial charge in [-0.1, -0.05) is 42.3 Å². The van der Waals surface area contributed by atoms with Crippen molar-refractivity contribution in [3.8, 4) is 5.75 Å². The molecule has 0 aromatic heterocycles. The molecule has 4 amide bonds. The van der Waals surface area contributed by atoms with E-state index in [2.05, 4.69) is 5.32 Å². The molecular weight excluding hydrogens is 471 g/mol. The Bertz CT molecular complexity index is 1120. The van der Waals surface area contributed by atoms with Crippen molar-refractivity contribution in [3.63, 3.8) is 0 Å². The van der Waals surface area contributed by atoms with Crippen LogP contribution in [-0.4, -0.2) is 37.0 Å². The molecule has 1 aliphatic heterocycles. The molecular formula is C23H20Cl2N2O6. The summed E-state index contributed by atoms with van der Waals surface area (Å²) >= 11 is 12.4. The highest BCUT2D eigenvalue weighted by Gasteiger charge is 2.36. The highest BCUT2D eigenvalue weighted by Crippen LogP contribution is 2.35. The zero-order valence-corrected chi connectivity index (χ0v) is 19.3. The van der Waals surface area contributed by atoms with Crippen LogP contribution in [0.1, 0.15) is 25.0 Å². The number of urea groups is 1. The van der Waals surface area contributed by atoms with Gasteiger partial charge in [0.2, 0.25) is 0 Å². The van der Waals surface area contributed by atoms with Crippen molar-refractivity contribution in [1.29, 1.82) is 0 Å². The van der Waals surface area contributed by atoms with Crippen LogP contribution < -0.4 is 15.0 Å². The molecule has 1 aliphatic rings. The first-order valence-electron chi connectivity index (χ1n) is 10.0. The van der Waals surface area contributed by atoms with Gasteiger partial charge in [0.1, 0.15) is 5.57 Å². The van der Waals surface area contributed by atoms with Crippen LogP contribution in [-0.2, 0) is 25.5 Å². The Labute approximate surface area is 200 Å². The number of amides is 4. The van der Waals surface area contributed by atoms with Crippen molar-refractivity contribution in [1.82, 2.24) is 5.32 Å². The molecule has 3 rings (SSSR count). The lowest BCUT2D eigenvalue weighted by Crippen LogP contribution is -2.54. The van der Waals surface area contributed by atoms with Gasteiger partial charge in [-0.25, -0.2) is 14.5 Å². The minimum Gasteiger partial charge on any atom is -0.479 e. The maximum absolute atomic E-state index is 13.0. The number of ether oxygens (including phenoxy) is 2. The standard InChI is InChI=1S/C23H20Cl2N2O6/c1-3-13-5-7-15(8-6-13)27-22(30)16(21(29)26-23(27)31)9-14-10-17(24)20(18(25)11-14)33-12-19(28)32-4-2/h5-11H,3-4,12H2,1-2H3,(H,26,29,31)/b16-9-. The maximum atomic E-state index is 13.0. The summed E-state index contributed by atoms with van der Waals surface area (Å²) in [5, 5.41) is 2.28. The van der Waals surface area contributed by atoms with E-state index in [0.29, 0.717) is 11.3 Å². The zero-order valence-electron chi connectivity index (χ0n) is 17.8. The number of rotatable bonds is 7. The number of halogens is 2. The van der Waals surface area contributed by atoms with Crippen LogP contribution in [0.3, 0.4) is 0 Å². The first kappa shape index (κ1) is 24.3. The van der Waals surface area contributed by atoms with E-state index in [0.717, 1.165) is 16.9 Å². The molecule has 1 heterocycles. The highest BCUT2D eigenvalue weighted by atomic mass is 35.5. The molecule has 0 saturated carbocycles. The minimum atomic E-state index is -0.846. The summed E-state index contributed by atoms with van der Waals surface area (Å²) in [6.45, 7) is 3.46. The Morgan fingerprint density at radius 1 is 1.06 bits per heavy atom. The van der Waals surface area contributed by atoms with Crippen molar-refractivity contribution < 1.29 is 28.7 Å². The molecule has 172 valence electrons. The molecule has 1 saturated heterocycles. The number of imide groups is 2. The molecule has 1 N–H and O–H groups in total. The molecule has 0 aliphatic carbocycles. The molecule has 1 fully saturated rings. The lowest BCUT2D eigenvalue weighted by atomic mass is 10.1. The van der Waals surface area contributed by atoms with Gasteiger partial charge in [0.25, 0.3) is 11.8 Å². The van der Waals surface area contributed by atoms with Crippen LogP contribution in [0.25, 0.3) is 6.08 Å². The molecule has 0 spiro atoms. The van der Waals surface area contributed by atoms with E-state index in [9.17, 15) is 19.2 Å². The first-order valence-corrected chi connectivity index (χ1v) is 10.8. The third-order valence-corrected chi connectivity index (χ3v) is 5.24. The third-order valence-electron chi connectivity index (χ3n) is 4.68. The van der Waals surface area contributed by atoms with E-state index < -0.39 is 23.8 Å². The maximum Gasteiger partial charge on any atom is 0.344 e. The van der Waals surface area contributed by atoms with Gasteiger partial charge in [0.15, 0.2) is 12.4 Å². The number of anilines is 1. The number of hydrogen-bond acceptors (Lipinski definition) is 6. The molecule has 0 radical (unpaired) electrons. The molecule has 8 nitrogen and oxygen atoms in total. The Morgan fingerprint density at radius 3 is 2.27 bits per heavy atom. The molecule has 2 aromatic rings. The fourth-order valence-electron chi connectivity index (χ4n) is 3.07. The Morgan fingerprint density at radius 2 is 1.70 bits per heavy atom. The van der Waals surface area contributed by atoms with Crippen LogP contribution in [0.2, 0.25) is 10.0 Å². The molecule has 0 bridgehead atoms. The summed E-state index contributed by atoms with van der Waals surface area (Å²) < 4.78 is 10.1. The largest absolute Gasteiger partial charge is 0.479 e. The van der Waals surface area contributed by atoms with Gasteiger partial charge in [-0.15, -0.1) is 0 Å². The Balaban J connectivity index is 1.89. The van der Waals surface area contributed by atoms with Crippen LogP contribution in [0, 0.1) is 0 Å². The van der Waals surface area contributed by atoms with Gasteiger partial charge in [-0.2, -0.15) is 0 Å². The van der Waals surface area contributed by atoms with E-state index in [1.54, 1.807) is 31.2 Å². The van der Waals surface area contributed by atoms with Crippen molar-refractivity contribution >= 4 is 58.8 Å². The first-order chi connectivity index (χ1) is 15.7. The smallest absolute Gasteiger partial charge is 0.344 e. The monoisotopic (exact) mass is 490 g/mol. The van der Waals surface area contributed by atoms with Gasteiger partial charge in [0.05, 0.1) is 22.3 Å². The number of barbiturate groups is 1. The predicted octanol–water partition coefficient (Wildman–Crippen LogP) is 4.16. The van der Waals surface area contributed by atoms with E-state index >= 15 is 0 Å². The second kappa shape index (κ2) is 10.5. The topological polar surface area (TPSA) is 102 Å². The molecule has 2 aromatic carbocycles. The van der Waals surface area contributed by atoms with E-state index in [1.807, 2.05) is 6.92 Å². The number of hydrogen-bond donors (Lipinski definition) is 1. The molecule has 33 heavy (non-hydrogen) atoms. The molecule has 0 unspecified atom stereocenters. The number of nitrogens with zero attached hydrogens (tertiary/aromatic N) is 1. The van der Waals surface area contributed by atoms with E-state index in [1.165, 1.54) is 18.2 Å². The van der Waals surface area contributed by atoms with Crippen LogP contribution >= 0.6 is 23.2 Å². The van der Waals surface area contributed by atoms with E-state index in [-0.39, 0.29) is 34.6 Å². The highest BCUT2D eigenvalue weighted by molar-refractivity contribution is 6.40. The number of carbonyl (C=O) groups is 4. The van der Waals surface area contributed by atoms with Gasteiger partial charge >= 0.3 is 12.0 Å². The second-order valence-corrected chi connectivity index (χ2v) is 7.70. The van der Waals surface area contributed by atoms with Crippen LogP contribution in [0.15, 0.2) is 42.0 Å². The predicted molar refractivity (Wildman–Crippen MR) is 123 cm³/mol. The summed E-state index contributed by atoms with van der Waals surface area (Å²) in [5.74, 6) is -2.16. The number of benzene rings is 2. The molecule has 10 heteroatoms. The lowest BCUT2D eigenvalue weighted by molar-refractivity contribution is -0.145. The third kappa shape index (κ3) is 5.53. The van der Waals surface area contributed by atoms with Crippen molar-refractivity contribution in [3.05, 3.63) is 63.1 Å². The van der Waals surface area contributed by atoms with Gasteiger partial charge < -0.3 is 9.47 Å². The lowest BCUT2D eigenvalue weighted by Gasteiger charge is -2.26. The number of carbonyl (C=O) groups excluding carboxylic acids is 4. The summed E-state index contributed by atoms with van der Waals surface area (Å²) in [4.78, 5) is 50.1. The zero-order chi connectivity index (χ0) is 24.1.